The highest BCUT2D eigenvalue weighted by Crippen LogP contribution is 2.65. The second-order valence-corrected chi connectivity index (χ2v) is 14.7. The molecule has 224 valence electrons. The van der Waals surface area contributed by atoms with Crippen LogP contribution in [0.3, 0.4) is 0 Å². The van der Waals surface area contributed by atoms with Crippen molar-refractivity contribution >= 4 is 0 Å². The van der Waals surface area contributed by atoms with Crippen molar-refractivity contribution in [2.75, 3.05) is 13.2 Å². The fourth-order valence-corrected chi connectivity index (χ4v) is 8.61. The van der Waals surface area contributed by atoms with Gasteiger partial charge in [0.25, 0.3) is 0 Å². The summed E-state index contributed by atoms with van der Waals surface area (Å²) in [5.74, 6) is 0.491. The van der Waals surface area contributed by atoms with Gasteiger partial charge in [0.1, 0.15) is 0 Å². The number of hydrogen-bond acceptors (Lipinski definition) is 5. The number of benzene rings is 1. The fraction of sp³-hybridized carbons (Fsp3) is 0.771. The molecule has 1 aliphatic heterocycles. The Morgan fingerprint density at radius 3 is 2.27 bits per heavy atom. The molecule has 6 unspecified atom stereocenters. The smallest absolute Gasteiger partial charge is 0.169 e. The van der Waals surface area contributed by atoms with E-state index in [0.717, 1.165) is 57.3 Å². The van der Waals surface area contributed by atoms with Crippen LogP contribution in [0.25, 0.3) is 0 Å². The summed E-state index contributed by atoms with van der Waals surface area (Å²) in [7, 11) is 0. The average Bonchev–Trinajstić information content (AvgIpc) is 3.23. The molecule has 0 radical (unpaired) electrons. The predicted molar refractivity (Wildman–Crippen MR) is 159 cm³/mol. The average molecular weight is 555 g/mol. The molecule has 1 saturated heterocycles. The van der Waals surface area contributed by atoms with Crippen molar-refractivity contribution in [1.29, 1.82) is 0 Å². The lowest BCUT2D eigenvalue weighted by Gasteiger charge is -2.55. The molecule has 1 aromatic rings. The molecule has 1 aromatic carbocycles. The molecule has 40 heavy (non-hydrogen) atoms. The largest absolute Gasteiger partial charge is 0.393 e. The molecule has 6 atom stereocenters. The Labute approximate surface area is 242 Å². The number of allylic oxidation sites excluding steroid dienone is 2. The third-order valence-electron chi connectivity index (χ3n) is 10.7. The zero-order valence-corrected chi connectivity index (χ0v) is 26.1. The van der Waals surface area contributed by atoms with Gasteiger partial charge >= 0.3 is 0 Å². The lowest BCUT2D eigenvalue weighted by molar-refractivity contribution is -0.312. The summed E-state index contributed by atoms with van der Waals surface area (Å²) in [5.41, 5.74) is 5.88. The van der Waals surface area contributed by atoms with Gasteiger partial charge in [-0.25, -0.2) is 0 Å². The van der Waals surface area contributed by atoms with Crippen LogP contribution in [-0.4, -0.2) is 41.1 Å². The second kappa shape index (κ2) is 11.1. The van der Waals surface area contributed by atoms with Crippen molar-refractivity contribution in [3.05, 3.63) is 46.5 Å². The molecule has 4 aliphatic carbocycles. The number of aliphatic hydroxyl groups is 2. The van der Waals surface area contributed by atoms with E-state index in [0.29, 0.717) is 30.3 Å². The zero-order valence-electron chi connectivity index (χ0n) is 26.1. The molecule has 3 saturated carbocycles. The molecule has 0 aromatic heterocycles. The van der Waals surface area contributed by atoms with E-state index in [2.05, 4.69) is 45.0 Å². The van der Waals surface area contributed by atoms with Gasteiger partial charge in [0, 0.05) is 24.2 Å². The summed E-state index contributed by atoms with van der Waals surface area (Å²) >= 11 is 0. The standard InChI is InChI=1S/C33H48O5.C2H6/c1-30(2)19-37-33(38-20-30)15-14-24-23(16-33)10-11-25-27-12-13-28(34)32(27,5)17-26(29(24)25)22-8-6-21(7-9-22)18-36-31(3,4)35;1-2/h6-9,23,25-28,34-35H,10-20H2,1-5H3;1-2H3. The van der Waals surface area contributed by atoms with E-state index < -0.39 is 11.6 Å². The third kappa shape index (κ3) is 5.71. The minimum Gasteiger partial charge on any atom is -0.393 e. The minimum atomic E-state index is -1.14. The lowest BCUT2D eigenvalue weighted by Crippen LogP contribution is -2.52. The van der Waals surface area contributed by atoms with E-state index in [1.807, 2.05) is 13.8 Å². The maximum absolute atomic E-state index is 11.2. The van der Waals surface area contributed by atoms with Gasteiger partial charge in [0.15, 0.2) is 11.6 Å². The Morgan fingerprint density at radius 1 is 0.950 bits per heavy atom. The van der Waals surface area contributed by atoms with Crippen molar-refractivity contribution < 1.29 is 24.4 Å². The van der Waals surface area contributed by atoms with Crippen molar-refractivity contribution in [2.24, 2.45) is 28.6 Å². The van der Waals surface area contributed by atoms with E-state index in [9.17, 15) is 10.2 Å². The molecule has 5 heteroatoms. The van der Waals surface area contributed by atoms with E-state index in [1.165, 1.54) is 18.4 Å². The molecule has 1 heterocycles. The van der Waals surface area contributed by atoms with Gasteiger partial charge in [-0.15, -0.1) is 0 Å². The summed E-state index contributed by atoms with van der Waals surface area (Å²) in [5, 5.41) is 21.1. The Hall–Kier alpha value is -1.24. The molecule has 5 aliphatic rings. The number of ether oxygens (including phenoxy) is 3. The first kappa shape index (κ1) is 30.2. The van der Waals surface area contributed by atoms with Crippen LogP contribution in [0.5, 0.6) is 0 Å². The van der Waals surface area contributed by atoms with Crippen LogP contribution in [-0.2, 0) is 20.8 Å². The van der Waals surface area contributed by atoms with Crippen LogP contribution in [0.4, 0.5) is 0 Å². The Kier molecular flexibility index (Phi) is 8.40. The second-order valence-electron chi connectivity index (χ2n) is 14.7. The van der Waals surface area contributed by atoms with Gasteiger partial charge in [0.2, 0.25) is 0 Å². The summed E-state index contributed by atoms with van der Waals surface area (Å²) < 4.78 is 18.5. The van der Waals surface area contributed by atoms with E-state index in [1.54, 1.807) is 25.0 Å². The SMILES string of the molecule is CC.CC1(C)COC2(CCC3=C4C(c5ccc(COC(C)(C)O)cc5)CC5(C)C(O)CCC5C4CCC3C2)OC1. The first-order chi connectivity index (χ1) is 18.9. The number of hydrogen-bond donors (Lipinski definition) is 2. The molecule has 4 fully saturated rings. The van der Waals surface area contributed by atoms with E-state index in [-0.39, 0.29) is 16.9 Å². The van der Waals surface area contributed by atoms with E-state index in [4.69, 9.17) is 14.2 Å². The van der Waals surface area contributed by atoms with Gasteiger partial charge in [-0.3, -0.25) is 0 Å². The summed E-state index contributed by atoms with van der Waals surface area (Å²) in [4.78, 5) is 0. The van der Waals surface area contributed by atoms with Crippen LogP contribution in [0.1, 0.15) is 117 Å². The van der Waals surface area contributed by atoms with Crippen LogP contribution in [0, 0.1) is 28.6 Å². The number of aliphatic hydroxyl groups excluding tert-OH is 1. The van der Waals surface area contributed by atoms with Crippen LogP contribution < -0.4 is 0 Å². The van der Waals surface area contributed by atoms with Crippen LogP contribution in [0.15, 0.2) is 35.4 Å². The first-order valence-electron chi connectivity index (χ1n) is 16.0. The Balaban J connectivity index is 0.00000158. The highest BCUT2D eigenvalue weighted by atomic mass is 16.7. The third-order valence-corrected chi connectivity index (χ3v) is 10.7. The van der Waals surface area contributed by atoms with Gasteiger partial charge in [0.05, 0.1) is 25.9 Å². The summed E-state index contributed by atoms with van der Waals surface area (Å²) in [6.45, 7) is 16.1. The van der Waals surface area contributed by atoms with E-state index >= 15 is 0 Å². The monoisotopic (exact) mass is 554 g/mol. The predicted octanol–water partition coefficient (Wildman–Crippen LogP) is 7.50. The molecular formula is C35H54O5. The minimum absolute atomic E-state index is 0.0218. The summed E-state index contributed by atoms with van der Waals surface area (Å²) in [6, 6.07) is 8.85. The molecule has 6 rings (SSSR count). The lowest BCUT2D eigenvalue weighted by atomic mass is 9.52. The molecule has 0 bridgehead atoms. The van der Waals surface area contributed by atoms with Gasteiger partial charge in [-0.1, -0.05) is 70.0 Å². The molecule has 5 nitrogen and oxygen atoms in total. The Bertz CT molecular complexity index is 1060. The quantitative estimate of drug-likeness (QED) is 0.298. The molecule has 0 amide bonds. The van der Waals surface area contributed by atoms with Crippen molar-refractivity contribution in [1.82, 2.24) is 0 Å². The van der Waals surface area contributed by atoms with Crippen LogP contribution >= 0.6 is 0 Å². The normalized spacial score (nSPS) is 36.3. The highest BCUT2D eigenvalue weighted by molar-refractivity contribution is 5.41. The Morgan fingerprint density at radius 2 is 1.62 bits per heavy atom. The van der Waals surface area contributed by atoms with Crippen LogP contribution in [0.2, 0.25) is 0 Å². The van der Waals surface area contributed by atoms with Gasteiger partial charge in [-0.05, 0) is 86.7 Å². The molecular weight excluding hydrogens is 500 g/mol. The van der Waals surface area contributed by atoms with Crippen molar-refractivity contribution in [3.63, 3.8) is 0 Å². The van der Waals surface area contributed by atoms with Crippen molar-refractivity contribution in [2.45, 2.75) is 130 Å². The maximum atomic E-state index is 11.2. The zero-order chi connectivity index (χ0) is 28.9. The van der Waals surface area contributed by atoms with Gasteiger partial charge < -0.3 is 24.4 Å². The topological polar surface area (TPSA) is 68.2 Å². The molecule has 2 N–H and O–H groups in total. The maximum Gasteiger partial charge on any atom is 0.169 e. The number of rotatable bonds is 4. The fourth-order valence-electron chi connectivity index (χ4n) is 8.61. The summed E-state index contributed by atoms with van der Waals surface area (Å²) in [6.07, 6.45) is 8.33. The first-order valence-corrected chi connectivity index (χ1v) is 16.0. The van der Waals surface area contributed by atoms with Gasteiger partial charge in [-0.2, -0.15) is 0 Å². The molecule has 1 spiro atoms. The highest BCUT2D eigenvalue weighted by Gasteiger charge is 2.57. The van der Waals surface area contributed by atoms with Crippen molar-refractivity contribution in [3.8, 4) is 0 Å². The number of fused-ring (bicyclic) bond motifs is 4.